The van der Waals surface area contributed by atoms with Gasteiger partial charge in [0.2, 0.25) is 17.6 Å². The fourth-order valence-electron chi connectivity index (χ4n) is 11.5. The highest BCUT2D eigenvalue weighted by atomic mass is 32.2. The lowest BCUT2D eigenvalue weighted by molar-refractivity contribution is -0.151. The van der Waals surface area contributed by atoms with E-state index in [4.69, 9.17) is 23.7 Å². The zero-order valence-electron chi connectivity index (χ0n) is 46.0. The number of piperazine rings is 1. The second kappa shape index (κ2) is 27.5. The molecule has 1 saturated carbocycles. The third-order valence-corrected chi connectivity index (χ3v) is 17.3. The molecular weight excluding hydrogens is 983 g/mol. The van der Waals surface area contributed by atoms with Gasteiger partial charge in [0, 0.05) is 56.3 Å². The number of nitrogens with one attached hydrogen (secondary N) is 1. The Balaban J connectivity index is 0.000000242. The minimum atomic E-state index is -0.948. The molecule has 3 aliphatic heterocycles. The molecule has 4 aromatic carbocycles. The predicted molar refractivity (Wildman–Crippen MR) is 298 cm³/mol. The van der Waals surface area contributed by atoms with Crippen LogP contribution in [0.5, 0.6) is 23.0 Å². The molecule has 8 rings (SSSR count). The topological polar surface area (TPSA) is 160 Å². The Morgan fingerprint density at radius 1 is 0.789 bits per heavy atom. The van der Waals surface area contributed by atoms with Crippen LogP contribution in [-0.4, -0.2) is 149 Å². The number of carboxylic acids is 1. The Morgan fingerprint density at radius 2 is 1.45 bits per heavy atom. The largest absolute Gasteiger partial charge is 0.493 e. The number of para-hydroxylation sites is 2. The number of benzene rings is 4. The van der Waals surface area contributed by atoms with Crippen LogP contribution in [0.25, 0.3) is 0 Å². The number of hydrogen-bond donors (Lipinski definition) is 2. The number of methoxy groups -OCH3 is 3. The lowest BCUT2D eigenvalue weighted by Gasteiger charge is -2.44. The number of likely N-dealkylation sites (tertiary alicyclic amines) is 1. The van der Waals surface area contributed by atoms with Gasteiger partial charge >= 0.3 is 11.9 Å². The van der Waals surface area contributed by atoms with Crippen molar-refractivity contribution in [3.8, 4) is 23.0 Å². The number of ether oxygens (including phenoxy) is 5. The first kappa shape index (κ1) is 57.9. The summed E-state index contributed by atoms with van der Waals surface area (Å²) in [6, 6.07) is 28.1. The van der Waals surface area contributed by atoms with Crippen molar-refractivity contribution in [3.05, 3.63) is 108 Å². The van der Waals surface area contributed by atoms with Crippen LogP contribution >= 0.6 is 11.8 Å². The molecule has 0 radical (unpaired) electrons. The van der Waals surface area contributed by atoms with Crippen molar-refractivity contribution in [1.82, 2.24) is 20.0 Å². The zero-order chi connectivity index (χ0) is 54.4. The highest BCUT2D eigenvalue weighted by molar-refractivity contribution is 8.01. The normalized spacial score (nSPS) is 21.2. The number of carbonyl (C=O) groups is 4. The second-order valence-electron chi connectivity index (χ2n) is 20.7. The minimum absolute atomic E-state index is 0.00629. The summed E-state index contributed by atoms with van der Waals surface area (Å²) in [5.74, 6) is 1.71. The Bertz CT molecular complexity index is 2530. The van der Waals surface area contributed by atoms with E-state index in [-0.39, 0.29) is 42.3 Å². The summed E-state index contributed by atoms with van der Waals surface area (Å²) in [4.78, 5) is 61.1. The van der Waals surface area contributed by atoms with Gasteiger partial charge in [-0.3, -0.25) is 19.7 Å². The summed E-state index contributed by atoms with van der Waals surface area (Å²) in [6.45, 7) is 15.0. The van der Waals surface area contributed by atoms with E-state index < -0.39 is 28.8 Å². The lowest BCUT2D eigenvalue weighted by Crippen LogP contribution is -2.55. The summed E-state index contributed by atoms with van der Waals surface area (Å²) >= 11 is 1.66. The van der Waals surface area contributed by atoms with Crippen LogP contribution in [0.4, 0.5) is 5.69 Å². The van der Waals surface area contributed by atoms with Crippen molar-refractivity contribution in [2.45, 2.75) is 119 Å². The van der Waals surface area contributed by atoms with Gasteiger partial charge in [0.05, 0.1) is 46.3 Å². The van der Waals surface area contributed by atoms with Crippen LogP contribution in [-0.2, 0) is 41.5 Å². The highest BCUT2D eigenvalue weighted by Gasteiger charge is 2.52. The number of likely N-dealkylation sites (N-methyl/N-ethyl adjacent to an activating group) is 1. The fraction of sp³-hybridized carbons (Fsp3) is 0.533. The number of rotatable bonds is 23. The van der Waals surface area contributed by atoms with E-state index in [1.54, 1.807) is 51.8 Å². The molecule has 0 spiro atoms. The molecule has 3 fully saturated rings. The number of carboxylic acid groups (broad SMARTS) is 1. The highest BCUT2D eigenvalue weighted by Crippen LogP contribution is 2.56. The van der Waals surface area contributed by atoms with Gasteiger partial charge in [-0.25, -0.2) is 4.79 Å². The number of carbonyl (C=O) groups excluding carboxylic acids is 3. The minimum Gasteiger partial charge on any atom is -0.493 e. The van der Waals surface area contributed by atoms with Crippen LogP contribution < -0.4 is 29.2 Å². The average molecular weight is 1060 g/mol. The van der Waals surface area contributed by atoms with E-state index in [9.17, 15) is 24.3 Å². The third kappa shape index (κ3) is 13.6. The van der Waals surface area contributed by atoms with Crippen molar-refractivity contribution in [2.24, 2.45) is 11.8 Å². The molecular formula is C60H81N5O10S. The standard InChI is InChI=1S/C37H49N3O5S.C23H32N2O5/c1-27(2)37(36(41)38(3)30-14-8-10-16-34(30)46-37)29-13-7-9-15-31(29)45-24-12-11-18-39-20-22-40(23-21-39)19-17-28-25-32(42-4)35(44-6)33(26-28)43-5;1-3-30-23(29)18(13-12-16-8-5-4-6-9-16)24-15(2)21(26)25-19-11-7-10-17(19)14-20(25)22(27)28/h7-10,13-16,25-27H,11-12,17-24H2,1-6H3;4-6,8-9,15,17-20,24H,3,7,10-14H2,1-2H3,(H,27,28)/t37-;15-,17-,18-,19-,20-/m10/s1. The lowest BCUT2D eigenvalue weighted by atomic mass is 9.85. The smallest absolute Gasteiger partial charge is 0.326 e. The van der Waals surface area contributed by atoms with Gasteiger partial charge in [-0.1, -0.05) is 80.9 Å². The van der Waals surface area contributed by atoms with Crippen molar-refractivity contribution in [2.75, 3.05) is 85.8 Å². The van der Waals surface area contributed by atoms with Crippen molar-refractivity contribution in [1.29, 1.82) is 0 Å². The molecule has 0 unspecified atom stereocenters. The van der Waals surface area contributed by atoms with E-state index in [0.29, 0.717) is 43.1 Å². The maximum absolute atomic E-state index is 14.0. The van der Waals surface area contributed by atoms with Gasteiger partial charge in [0.15, 0.2) is 11.5 Å². The molecule has 412 valence electrons. The molecule has 4 aromatic rings. The van der Waals surface area contributed by atoms with Gasteiger partial charge in [0.1, 0.15) is 22.6 Å². The molecule has 6 atom stereocenters. The Morgan fingerprint density at radius 3 is 2.11 bits per heavy atom. The number of thioether (sulfide) groups is 1. The zero-order valence-corrected chi connectivity index (χ0v) is 46.8. The number of aryl methyl sites for hydroxylation is 1. The number of aliphatic carboxylic acids is 1. The second-order valence-corrected chi connectivity index (χ2v) is 21.9. The molecule has 2 N–H and O–H groups in total. The monoisotopic (exact) mass is 1060 g/mol. The first-order chi connectivity index (χ1) is 36.7. The molecule has 3 heterocycles. The molecule has 1 aliphatic carbocycles. The van der Waals surface area contributed by atoms with Crippen molar-refractivity contribution < 1.29 is 48.0 Å². The van der Waals surface area contributed by atoms with E-state index in [0.717, 1.165) is 105 Å². The van der Waals surface area contributed by atoms with Crippen LogP contribution in [0.2, 0.25) is 0 Å². The molecule has 2 amide bonds. The summed E-state index contributed by atoms with van der Waals surface area (Å²) < 4.78 is 27.4. The van der Waals surface area contributed by atoms with Crippen LogP contribution in [0.15, 0.2) is 95.9 Å². The number of anilines is 1. The Hall–Kier alpha value is -5.81. The van der Waals surface area contributed by atoms with Gasteiger partial charge < -0.3 is 48.4 Å². The summed E-state index contributed by atoms with van der Waals surface area (Å²) in [5, 5.41) is 12.8. The third-order valence-electron chi connectivity index (χ3n) is 15.6. The number of hydrogen-bond acceptors (Lipinski definition) is 13. The molecule has 2 saturated heterocycles. The molecule has 4 aliphatic rings. The van der Waals surface area contributed by atoms with Crippen molar-refractivity contribution in [3.63, 3.8) is 0 Å². The van der Waals surface area contributed by atoms with Crippen molar-refractivity contribution >= 4 is 41.2 Å². The fourth-order valence-corrected chi connectivity index (χ4v) is 13.0. The van der Waals surface area contributed by atoms with E-state index >= 15 is 0 Å². The Kier molecular flexibility index (Phi) is 20.9. The van der Waals surface area contributed by atoms with E-state index in [1.807, 2.05) is 90.8 Å². The maximum Gasteiger partial charge on any atom is 0.326 e. The molecule has 76 heavy (non-hydrogen) atoms. The van der Waals surface area contributed by atoms with Crippen LogP contribution in [0, 0.1) is 11.8 Å². The summed E-state index contributed by atoms with van der Waals surface area (Å²) in [5.41, 5.74) is 4.21. The number of fused-ring (bicyclic) bond motifs is 2. The predicted octanol–water partition coefficient (Wildman–Crippen LogP) is 8.73. The number of amides is 2. The summed E-state index contributed by atoms with van der Waals surface area (Å²) in [7, 11) is 6.83. The van der Waals surface area contributed by atoms with Gasteiger partial charge in [0.25, 0.3) is 0 Å². The number of esters is 1. The first-order valence-electron chi connectivity index (χ1n) is 27.3. The first-order valence-corrected chi connectivity index (χ1v) is 28.1. The van der Waals surface area contributed by atoms with Crippen LogP contribution in [0.3, 0.4) is 0 Å². The molecule has 0 aromatic heterocycles. The van der Waals surface area contributed by atoms with Gasteiger partial charge in [-0.15, -0.1) is 11.8 Å². The summed E-state index contributed by atoms with van der Waals surface area (Å²) in [6.07, 6.45) is 7.51. The van der Waals surface area contributed by atoms with Crippen LogP contribution in [0.1, 0.15) is 89.3 Å². The Labute approximate surface area is 454 Å². The number of unbranched alkanes of at least 4 members (excludes halogenated alkanes) is 1. The number of nitrogens with zero attached hydrogens (tertiary/aromatic N) is 4. The van der Waals surface area contributed by atoms with Gasteiger partial charge in [-0.2, -0.15) is 0 Å². The average Bonchev–Trinajstić information content (AvgIpc) is 4.08. The van der Waals surface area contributed by atoms with Gasteiger partial charge in [-0.05, 0) is 125 Å². The quantitative estimate of drug-likeness (QED) is 0.0536. The van der Waals surface area contributed by atoms with E-state index in [1.165, 1.54) is 5.56 Å². The SMILES string of the molecule is CCOC(=O)[C@H](CCc1ccccc1)N[C@@H](C)C(=O)N1[C@H](C(=O)O)C[C@@H]2CCC[C@@H]21.COc1cc(CCN2CCN(CCCCOc3ccccc3[C@@]3(C(C)C)Sc4ccccc4N(C)C3=O)CC2)cc(OC)c1OC. The maximum atomic E-state index is 14.0. The molecule has 15 nitrogen and oxygen atoms in total. The molecule has 0 bridgehead atoms. The van der Waals surface area contributed by atoms with E-state index in [2.05, 4.69) is 41.1 Å². The molecule has 16 heteroatoms.